The van der Waals surface area contributed by atoms with Crippen LogP contribution in [0, 0.1) is 0 Å². The molecule has 0 saturated carbocycles. The Bertz CT molecular complexity index is 1190. The molecule has 2 heterocycles. The van der Waals surface area contributed by atoms with Gasteiger partial charge in [-0.2, -0.15) is 0 Å². The molecule has 0 spiro atoms. The number of carbonyl (C=O) groups is 4. The van der Waals surface area contributed by atoms with Crippen LogP contribution in [0.2, 0.25) is 0 Å². The molecule has 0 unspecified atom stereocenters. The Labute approximate surface area is 223 Å². The van der Waals surface area contributed by atoms with E-state index in [0.29, 0.717) is 50.9 Å². The molecule has 2 aromatic rings. The third kappa shape index (κ3) is 6.59. The summed E-state index contributed by atoms with van der Waals surface area (Å²) in [5, 5.41) is 3.01. The van der Waals surface area contributed by atoms with Gasteiger partial charge in [0.25, 0.3) is 5.91 Å². The second-order valence-corrected chi connectivity index (χ2v) is 9.94. The van der Waals surface area contributed by atoms with E-state index in [2.05, 4.69) is 5.32 Å². The van der Waals surface area contributed by atoms with E-state index < -0.39 is 0 Å². The Balaban J connectivity index is 1.36. The van der Waals surface area contributed by atoms with Crippen LogP contribution in [0.5, 0.6) is 0 Å². The fourth-order valence-electron chi connectivity index (χ4n) is 5.01. The van der Waals surface area contributed by atoms with Gasteiger partial charge in [-0.05, 0) is 36.5 Å². The summed E-state index contributed by atoms with van der Waals surface area (Å²) in [5.74, 6) is -0.400. The molecular formula is C29H35N5O4. The monoisotopic (exact) mass is 517 g/mol. The Kier molecular flexibility index (Phi) is 8.78. The van der Waals surface area contributed by atoms with E-state index in [-0.39, 0.29) is 30.4 Å². The summed E-state index contributed by atoms with van der Waals surface area (Å²) in [6.45, 7) is 1.50. The highest BCUT2D eigenvalue weighted by Gasteiger charge is 2.31. The van der Waals surface area contributed by atoms with Gasteiger partial charge in [-0.15, -0.1) is 0 Å². The first-order valence-corrected chi connectivity index (χ1v) is 13.0. The number of nitrogens with one attached hydrogen (secondary N) is 1. The molecule has 2 aromatic carbocycles. The van der Waals surface area contributed by atoms with Crippen LogP contribution in [0.3, 0.4) is 0 Å². The number of piperidine rings is 1. The van der Waals surface area contributed by atoms with Crippen LogP contribution in [-0.2, 0) is 27.2 Å². The summed E-state index contributed by atoms with van der Waals surface area (Å²) >= 11 is 0. The highest BCUT2D eigenvalue weighted by atomic mass is 16.2. The quantitative estimate of drug-likeness (QED) is 0.431. The van der Waals surface area contributed by atoms with Gasteiger partial charge >= 0.3 is 6.03 Å². The van der Waals surface area contributed by atoms with Crippen molar-refractivity contribution in [2.24, 2.45) is 0 Å². The molecule has 0 aromatic heterocycles. The topological polar surface area (TPSA) is 93.3 Å². The fourth-order valence-corrected chi connectivity index (χ4v) is 5.01. The lowest BCUT2D eigenvalue weighted by Gasteiger charge is -2.38. The van der Waals surface area contributed by atoms with Gasteiger partial charge in [0.15, 0.2) is 0 Å². The zero-order chi connectivity index (χ0) is 27.1. The van der Waals surface area contributed by atoms with Crippen molar-refractivity contribution >= 4 is 29.9 Å². The molecular weight excluding hydrogens is 482 g/mol. The maximum atomic E-state index is 13.1. The first kappa shape index (κ1) is 26.9. The average molecular weight is 518 g/mol. The lowest BCUT2D eigenvalue weighted by molar-refractivity contribution is -0.135. The van der Waals surface area contributed by atoms with E-state index in [1.54, 1.807) is 19.0 Å². The summed E-state index contributed by atoms with van der Waals surface area (Å²) < 4.78 is 0. The summed E-state index contributed by atoms with van der Waals surface area (Å²) in [7, 11) is 3.32. The molecule has 200 valence electrons. The minimum atomic E-state index is -0.216. The largest absolute Gasteiger partial charge is 0.345 e. The van der Waals surface area contributed by atoms with Crippen LogP contribution in [0.1, 0.15) is 24.0 Å². The van der Waals surface area contributed by atoms with E-state index in [0.717, 1.165) is 23.2 Å². The number of carbonyl (C=O) groups excluding carboxylic acids is 4. The smallest absolute Gasteiger partial charge is 0.322 e. The summed E-state index contributed by atoms with van der Waals surface area (Å²) in [6, 6.07) is 17.3. The van der Waals surface area contributed by atoms with Crippen LogP contribution in [0.4, 0.5) is 10.5 Å². The van der Waals surface area contributed by atoms with Gasteiger partial charge in [0, 0.05) is 63.7 Å². The molecule has 0 atom stereocenters. The number of likely N-dealkylation sites (tertiary alicyclic amines) is 1. The molecule has 4 rings (SSSR count). The molecule has 0 bridgehead atoms. The molecule has 1 fully saturated rings. The van der Waals surface area contributed by atoms with Gasteiger partial charge in [-0.25, -0.2) is 4.79 Å². The van der Waals surface area contributed by atoms with E-state index in [1.165, 1.54) is 16.0 Å². The number of amides is 5. The van der Waals surface area contributed by atoms with Crippen LogP contribution >= 0.6 is 0 Å². The Morgan fingerprint density at radius 1 is 1.00 bits per heavy atom. The van der Waals surface area contributed by atoms with Crippen molar-refractivity contribution in [3.8, 4) is 0 Å². The van der Waals surface area contributed by atoms with Crippen molar-refractivity contribution < 1.29 is 19.2 Å². The summed E-state index contributed by atoms with van der Waals surface area (Å²) in [6.07, 6.45) is 4.54. The molecule has 2 aliphatic rings. The highest BCUT2D eigenvalue weighted by Crippen LogP contribution is 2.24. The van der Waals surface area contributed by atoms with Crippen LogP contribution in [0.15, 0.2) is 66.4 Å². The number of para-hydroxylation sites is 1. The lowest BCUT2D eigenvalue weighted by atomic mass is 10.0. The van der Waals surface area contributed by atoms with Gasteiger partial charge in [0.05, 0.1) is 0 Å². The van der Waals surface area contributed by atoms with E-state index in [1.807, 2.05) is 59.5 Å². The zero-order valence-corrected chi connectivity index (χ0v) is 22.0. The third-order valence-corrected chi connectivity index (χ3v) is 7.09. The Hall–Kier alpha value is -4.14. The van der Waals surface area contributed by atoms with E-state index in [4.69, 9.17) is 0 Å². The van der Waals surface area contributed by atoms with Crippen LogP contribution < -0.4 is 5.32 Å². The maximum Gasteiger partial charge on any atom is 0.322 e. The van der Waals surface area contributed by atoms with Crippen molar-refractivity contribution in [2.75, 3.05) is 45.6 Å². The number of hydrogen-bond donors (Lipinski definition) is 1. The molecule has 5 amide bonds. The van der Waals surface area contributed by atoms with E-state index >= 15 is 0 Å². The van der Waals surface area contributed by atoms with Crippen LogP contribution in [0.25, 0.3) is 0 Å². The highest BCUT2D eigenvalue weighted by molar-refractivity contribution is 5.94. The van der Waals surface area contributed by atoms with Crippen molar-refractivity contribution in [2.45, 2.75) is 31.7 Å². The summed E-state index contributed by atoms with van der Waals surface area (Å²) in [4.78, 5) is 56.9. The van der Waals surface area contributed by atoms with Crippen molar-refractivity contribution in [1.29, 1.82) is 0 Å². The third-order valence-electron chi connectivity index (χ3n) is 7.09. The van der Waals surface area contributed by atoms with Crippen LogP contribution in [-0.4, -0.2) is 90.2 Å². The number of hydrogen-bond acceptors (Lipinski definition) is 4. The number of benzene rings is 2. The SMILES string of the molecule is CN(C)C(=O)/C(=C\N(C=O)CC(=O)N1CCC(N2CCc3ccccc3NC2=O)CC1)Cc1ccccc1. The predicted molar refractivity (Wildman–Crippen MR) is 145 cm³/mol. The molecule has 1 N–H and O–H groups in total. The predicted octanol–water partition coefficient (Wildman–Crippen LogP) is 2.74. The molecule has 9 heteroatoms. The number of rotatable bonds is 8. The molecule has 1 saturated heterocycles. The van der Waals surface area contributed by atoms with E-state index in [9.17, 15) is 19.2 Å². The van der Waals surface area contributed by atoms with Gasteiger partial charge in [-0.1, -0.05) is 48.5 Å². The van der Waals surface area contributed by atoms with Gasteiger partial charge in [-0.3, -0.25) is 14.4 Å². The lowest BCUT2D eigenvalue weighted by Crippen LogP contribution is -2.51. The van der Waals surface area contributed by atoms with Gasteiger partial charge < -0.3 is 24.9 Å². The number of fused-ring (bicyclic) bond motifs is 1. The van der Waals surface area contributed by atoms with Crippen molar-refractivity contribution in [3.63, 3.8) is 0 Å². The molecule has 38 heavy (non-hydrogen) atoms. The fraction of sp³-hybridized carbons (Fsp3) is 0.379. The second kappa shape index (κ2) is 12.4. The first-order chi connectivity index (χ1) is 18.4. The Morgan fingerprint density at radius 3 is 2.37 bits per heavy atom. The van der Waals surface area contributed by atoms with Crippen molar-refractivity contribution in [3.05, 3.63) is 77.5 Å². The standard InChI is InChI=1S/C29H35N5O4/c1-31(2)28(37)24(18-22-8-4-3-5-9-22)19-32(21-35)20-27(36)33-15-13-25(14-16-33)34-17-12-23-10-6-7-11-26(23)30-29(34)38/h3-11,19,21,25H,12-18,20H2,1-2H3,(H,30,38)/b24-19-. The number of nitrogens with zero attached hydrogens (tertiary/aromatic N) is 4. The number of urea groups is 1. The molecule has 0 aliphatic carbocycles. The molecule has 0 radical (unpaired) electrons. The number of anilines is 1. The minimum absolute atomic E-state index is 0.0469. The van der Waals surface area contributed by atoms with Gasteiger partial charge in [0.2, 0.25) is 12.3 Å². The molecule has 2 aliphatic heterocycles. The Morgan fingerprint density at radius 2 is 1.68 bits per heavy atom. The van der Waals surface area contributed by atoms with Gasteiger partial charge in [0.1, 0.15) is 6.54 Å². The number of likely N-dealkylation sites (N-methyl/N-ethyl adjacent to an activating group) is 1. The summed E-state index contributed by atoms with van der Waals surface area (Å²) in [5.41, 5.74) is 3.34. The second-order valence-electron chi connectivity index (χ2n) is 9.94. The molecule has 9 nitrogen and oxygen atoms in total. The normalized spacial score (nSPS) is 16.3. The van der Waals surface area contributed by atoms with Crippen molar-refractivity contribution in [1.82, 2.24) is 19.6 Å². The first-order valence-electron chi connectivity index (χ1n) is 13.0. The maximum absolute atomic E-state index is 13.1. The zero-order valence-electron chi connectivity index (χ0n) is 22.0. The average Bonchev–Trinajstić information content (AvgIpc) is 3.10. The minimum Gasteiger partial charge on any atom is -0.345 e.